The van der Waals surface area contributed by atoms with Gasteiger partial charge < -0.3 is 10.4 Å². The number of nitrogens with one attached hydrogen (secondary N) is 1. The Hall–Kier alpha value is -2.33. The van der Waals surface area contributed by atoms with E-state index < -0.39 is 0 Å². The molecule has 0 aliphatic rings. The Morgan fingerprint density at radius 3 is 2.65 bits per heavy atom. The van der Waals surface area contributed by atoms with Crippen LogP contribution in [0.4, 0.5) is 5.82 Å². The van der Waals surface area contributed by atoms with Gasteiger partial charge in [0.15, 0.2) is 0 Å². The normalized spacial score (nSPS) is 11.0. The molecule has 0 spiro atoms. The van der Waals surface area contributed by atoms with Crippen LogP contribution in [-0.2, 0) is 0 Å². The Balaban J connectivity index is 2.15. The van der Waals surface area contributed by atoms with Crippen molar-refractivity contribution in [2.45, 2.75) is 26.8 Å². The number of pyridine rings is 1. The lowest BCUT2D eigenvalue weighted by atomic mass is 10.0. The predicted octanol–water partition coefficient (Wildman–Crippen LogP) is 5.31. The molecular weight excluding hydrogens is 304 g/mol. The van der Waals surface area contributed by atoms with E-state index in [1.807, 2.05) is 31.2 Å². The molecule has 3 aromatic rings. The van der Waals surface area contributed by atoms with Crippen LogP contribution in [0.15, 0.2) is 47.8 Å². The minimum atomic E-state index is 0.252. The lowest BCUT2D eigenvalue weighted by Gasteiger charge is -2.13. The first-order chi connectivity index (χ1) is 11.0. The molecule has 2 aromatic heterocycles. The van der Waals surface area contributed by atoms with Crippen LogP contribution in [0.5, 0.6) is 5.75 Å². The van der Waals surface area contributed by atoms with Gasteiger partial charge in [0.25, 0.3) is 0 Å². The number of benzene rings is 1. The standard InChI is InChI=1S/C19H20N2OS/c1-12(2)20-19-11-14(18-5-4-8-23-18)10-16(21-19)15-9-13(3)6-7-17(15)22/h4-12,22H,1-3H3,(H,20,21). The molecule has 0 unspecified atom stereocenters. The van der Waals surface area contributed by atoms with Gasteiger partial charge in [0.1, 0.15) is 11.6 Å². The SMILES string of the molecule is Cc1ccc(O)c(-c2cc(-c3cccs3)cc(NC(C)C)n2)c1. The quantitative estimate of drug-likeness (QED) is 0.683. The van der Waals surface area contributed by atoms with Crippen molar-refractivity contribution in [1.29, 1.82) is 0 Å². The maximum atomic E-state index is 10.2. The fourth-order valence-electron chi connectivity index (χ4n) is 2.48. The molecule has 0 aliphatic carbocycles. The van der Waals surface area contributed by atoms with E-state index in [2.05, 4.69) is 41.7 Å². The van der Waals surface area contributed by atoms with Crippen molar-refractivity contribution >= 4 is 17.2 Å². The summed E-state index contributed by atoms with van der Waals surface area (Å²) in [5.74, 6) is 1.07. The van der Waals surface area contributed by atoms with E-state index in [1.165, 1.54) is 4.88 Å². The first kappa shape index (κ1) is 15.6. The lowest BCUT2D eigenvalue weighted by Crippen LogP contribution is -2.11. The molecule has 0 amide bonds. The topological polar surface area (TPSA) is 45.1 Å². The summed E-state index contributed by atoms with van der Waals surface area (Å²) in [6, 6.07) is 14.1. The summed E-state index contributed by atoms with van der Waals surface area (Å²) in [5.41, 5.74) is 3.74. The summed E-state index contributed by atoms with van der Waals surface area (Å²) in [6.45, 7) is 6.19. The highest BCUT2D eigenvalue weighted by Gasteiger charge is 2.11. The Bertz CT molecular complexity index is 810. The molecule has 0 saturated heterocycles. The van der Waals surface area contributed by atoms with Gasteiger partial charge in [0.05, 0.1) is 5.69 Å². The largest absolute Gasteiger partial charge is 0.507 e. The van der Waals surface area contributed by atoms with Gasteiger partial charge in [0.2, 0.25) is 0 Å². The maximum Gasteiger partial charge on any atom is 0.127 e. The zero-order valence-corrected chi connectivity index (χ0v) is 14.3. The Morgan fingerprint density at radius 2 is 1.96 bits per heavy atom. The van der Waals surface area contributed by atoms with Crippen molar-refractivity contribution in [2.75, 3.05) is 5.32 Å². The molecule has 118 valence electrons. The summed E-state index contributed by atoms with van der Waals surface area (Å²) in [4.78, 5) is 5.88. The summed E-state index contributed by atoms with van der Waals surface area (Å²) in [7, 11) is 0. The molecular formula is C19H20N2OS. The molecule has 3 rings (SSSR count). The van der Waals surface area contributed by atoms with Crippen LogP contribution in [0.2, 0.25) is 0 Å². The molecule has 3 nitrogen and oxygen atoms in total. The van der Waals surface area contributed by atoms with Gasteiger partial charge in [-0.05, 0) is 62.0 Å². The molecule has 0 aliphatic heterocycles. The molecule has 2 N–H and O–H groups in total. The third-order valence-corrected chi connectivity index (χ3v) is 4.41. The van der Waals surface area contributed by atoms with Crippen molar-refractivity contribution in [3.8, 4) is 27.4 Å². The van der Waals surface area contributed by atoms with Crippen LogP contribution in [0.1, 0.15) is 19.4 Å². The highest BCUT2D eigenvalue weighted by molar-refractivity contribution is 7.13. The van der Waals surface area contributed by atoms with Gasteiger partial charge in [-0.15, -0.1) is 11.3 Å². The highest BCUT2D eigenvalue weighted by Crippen LogP contribution is 2.34. The molecule has 0 bridgehead atoms. The van der Waals surface area contributed by atoms with E-state index in [0.29, 0.717) is 6.04 Å². The zero-order valence-electron chi connectivity index (χ0n) is 13.5. The van der Waals surface area contributed by atoms with Crippen molar-refractivity contribution in [1.82, 2.24) is 4.98 Å². The van der Waals surface area contributed by atoms with Gasteiger partial charge in [-0.25, -0.2) is 4.98 Å². The van der Waals surface area contributed by atoms with Crippen molar-refractivity contribution in [2.24, 2.45) is 0 Å². The predicted molar refractivity (Wildman–Crippen MR) is 98.1 cm³/mol. The van der Waals surface area contributed by atoms with E-state index in [0.717, 1.165) is 28.2 Å². The number of phenols is 1. The summed E-state index contributed by atoms with van der Waals surface area (Å²) in [5, 5.41) is 15.7. The Morgan fingerprint density at radius 1 is 1.13 bits per heavy atom. The smallest absolute Gasteiger partial charge is 0.127 e. The maximum absolute atomic E-state index is 10.2. The average molecular weight is 324 g/mol. The number of rotatable bonds is 4. The van der Waals surface area contributed by atoms with Crippen LogP contribution in [0.3, 0.4) is 0 Å². The first-order valence-corrected chi connectivity index (χ1v) is 8.53. The molecule has 23 heavy (non-hydrogen) atoms. The zero-order chi connectivity index (χ0) is 16.4. The summed E-state index contributed by atoms with van der Waals surface area (Å²) < 4.78 is 0. The third-order valence-electron chi connectivity index (χ3n) is 3.50. The van der Waals surface area contributed by atoms with E-state index in [-0.39, 0.29) is 5.75 Å². The van der Waals surface area contributed by atoms with Crippen molar-refractivity contribution in [3.63, 3.8) is 0 Å². The fourth-order valence-corrected chi connectivity index (χ4v) is 3.19. The van der Waals surface area contributed by atoms with Gasteiger partial charge in [0, 0.05) is 16.5 Å². The van der Waals surface area contributed by atoms with Crippen molar-refractivity contribution < 1.29 is 5.11 Å². The second kappa shape index (κ2) is 6.42. The van der Waals surface area contributed by atoms with E-state index >= 15 is 0 Å². The highest BCUT2D eigenvalue weighted by atomic mass is 32.1. The number of aromatic hydroxyl groups is 1. The lowest BCUT2D eigenvalue weighted by molar-refractivity contribution is 0.477. The molecule has 0 radical (unpaired) electrons. The number of aryl methyl sites for hydroxylation is 1. The molecule has 4 heteroatoms. The van der Waals surface area contributed by atoms with Crippen molar-refractivity contribution in [3.05, 3.63) is 53.4 Å². The molecule has 0 fully saturated rings. The summed E-state index contributed by atoms with van der Waals surface area (Å²) >= 11 is 1.70. The average Bonchev–Trinajstić information content (AvgIpc) is 3.03. The van der Waals surface area contributed by atoms with E-state index in [9.17, 15) is 5.11 Å². The van der Waals surface area contributed by atoms with Gasteiger partial charge in [-0.1, -0.05) is 17.7 Å². The monoisotopic (exact) mass is 324 g/mol. The second-order valence-electron chi connectivity index (χ2n) is 5.92. The van der Waals surface area contributed by atoms with Gasteiger partial charge in [-0.2, -0.15) is 0 Å². The van der Waals surface area contributed by atoms with Gasteiger partial charge in [-0.3, -0.25) is 0 Å². The first-order valence-electron chi connectivity index (χ1n) is 7.65. The number of hydrogen-bond acceptors (Lipinski definition) is 4. The van der Waals surface area contributed by atoms with Crippen LogP contribution in [0, 0.1) is 6.92 Å². The van der Waals surface area contributed by atoms with Crippen LogP contribution < -0.4 is 5.32 Å². The number of anilines is 1. The number of thiophene rings is 1. The van der Waals surface area contributed by atoms with Crippen LogP contribution in [-0.4, -0.2) is 16.1 Å². The minimum absolute atomic E-state index is 0.252. The number of aromatic nitrogens is 1. The Labute approximate surface area is 140 Å². The van der Waals surface area contributed by atoms with Gasteiger partial charge >= 0.3 is 0 Å². The summed E-state index contributed by atoms with van der Waals surface area (Å²) in [6.07, 6.45) is 0. The minimum Gasteiger partial charge on any atom is -0.507 e. The number of phenolic OH excluding ortho intramolecular Hbond substituents is 1. The fraction of sp³-hybridized carbons (Fsp3) is 0.211. The van der Waals surface area contributed by atoms with Crippen LogP contribution in [0.25, 0.3) is 21.7 Å². The third kappa shape index (κ3) is 3.54. The molecule has 2 heterocycles. The molecule has 0 saturated carbocycles. The number of nitrogens with zero attached hydrogens (tertiary/aromatic N) is 1. The molecule has 0 atom stereocenters. The second-order valence-corrected chi connectivity index (χ2v) is 6.87. The Kier molecular flexibility index (Phi) is 4.35. The number of hydrogen-bond donors (Lipinski definition) is 2. The molecule has 1 aromatic carbocycles. The van der Waals surface area contributed by atoms with E-state index in [1.54, 1.807) is 17.4 Å². The van der Waals surface area contributed by atoms with Crippen LogP contribution >= 0.6 is 11.3 Å². The van der Waals surface area contributed by atoms with E-state index in [4.69, 9.17) is 0 Å².